The number of hydrogen-bond donors (Lipinski definition) is 0. The van der Waals surface area contributed by atoms with Gasteiger partial charge in [0.1, 0.15) is 5.75 Å². The Labute approximate surface area is 74.1 Å². The molecule has 0 saturated heterocycles. The average Bonchev–Trinajstić information content (AvgIpc) is 2.09. The second-order valence-corrected chi connectivity index (χ2v) is 2.53. The van der Waals surface area contributed by atoms with E-state index in [1.807, 2.05) is 0 Å². The van der Waals surface area contributed by atoms with Gasteiger partial charge in [-0.05, 0) is 13.0 Å². The second kappa shape index (κ2) is 3.51. The zero-order valence-corrected chi connectivity index (χ0v) is 7.23. The van der Waals surface area contributed by atoms with E-state index in [1.54, 1.807) is 0 Å². The molecular weight excluding hydrogens is 178 g/mol. The number of carbonyl (C=O) groups is 1. The van der Waals surface area contributed by atoms with Gasteiger partial charge in [0, 0.05) is 6.07 Å². The van der Waals surface area contributed by atoms with Gasteiger partial charge in [-0.2, -0.15) is 0 Å². The maximum absolute atomic E-state index is 12.9. The Hall–Kier alpha value is -1.45. The van der Waals surface area contributed by atoms with Crippen LogP contribution in [-0.4, -0.2) is 12.9 Å². The van der Waals surface area contributed by atoms with E-state index in [1.165, 1.54) is 13.2 Å². The first-order valence-electron chi connectivity index (χ1n) is 3.60. The Bertz CT molecular complexity index is 348. The van der Waals surface area contributed by atoms with Crippen molar-refractivity contribution in [2.24, 2.45) is 0 Å². The molecule has 0 bridgehead atoms. The molecule has 1 rings (SSSR count). The quantitative estimate of drug-likeness (QED) is 0.661. The standard InChI is InChI=1S/C9H8F2O2/c1-5(12)7-3-6(13-2)4-8(10)9(7)11/h3-4H,1-2H3. The smallest absolute Gasteiger partial charge is 0.169 e. The first-order chi connectivity index (χ1) is 6.06. The maximum atomic E-state index is 12.9. The highest BCUT2D eigenvalue weighted by atomic mass is 19.2. The van der Waals surface area contributed by atoms with Gasteiger partial charge in [-0.1, -0.05) is 0 Å². The molecule has 0 N–H and O–H groups in total. The van der Waals surface area contributed by atoms with Gasteiger partial charge in [-0.25, -0.2) is 8.78 Å². The molecule has 0 saturated carbocycles. The molecule has 0 aliphatic heterocycles. The number of rotatable bonds is 2. The van der Waals surface area contributed by atoms with E-state index in [4.69, 9.17) is 0 Å². The normalized spacial score (nSPS) is 9.85. The molecule has 0 aliphatic carbocycles. The van der Waals surface area contributed by atoms with E-state index in [-0.39, 0.29) is 11.3 Å². The SMILES string of the molecule is COc1cc(F)c(F)c(C(C)=O)c1. The van der Waals surface area contributed by atoms with Gasteiger partial charge in [0.25, 0.3) is 0 Å². The number of ketones is 1. The Morgan fingerprint density at radius 2 is 2.00 bits per heavy atom. The molecule has 70 valence electrons. The maximum Gasteiger partial charge on any atom is 0.169 e. The van der Waals surface area contributed by atoms with Crippen molar-refractivity contribution in [3.05, 3.63) is 29.3 Å². The lowest BCUT2D eigenvalue weighted by Gasteiger charge is -2.03. The van der Waals surface area contributed by atoms with Crippen LogP contribution in [0.5, 0.6) is 5.75 Å². The lowest BCUT2D eigenvalue weighted by Crippen LogP contribution is -2.01. The lowest BCUT2D eigenvalue weighted by atomic mass is 10.1. The summed E-state index contributed by atoms with van der Waals surface area (Å²) in [7, 11) is 1.32. The molecule has 13 heavy (non-hydrogen) atoms. The van der Waals surface area contributed by atoms with Crippen LogP contribution >= 0.6 is 0 Å². The highest BCUT2D eigenvalue weighted by Crippen LogP contribution is 2.20. The van der Waals surface area contributed by atoms with Crippen molar-refractivity contribution in [1.82, 2.24) is 0 Å². The minimum Gasteiger partial charge on any atom is -0.497 e. The molecule has 0 aliphatic rings. The largest absolute Gasteiger partial charge is 0.497 e. The molecule has 0 amide bonds. The van der Waals surface area contributed by atoms with Crippen LogP contribution in [0, 0.1) is 11.6 Å². The predicted octanol–water partition coefficient (Wildman–Crippen LogP) is 2.18. The molecule has 0 unspecified atom stereocenters. The molecule has 1 aromatic carbocycles. The summed E-state index contributed by atoms with van der Waals surface area (Å²) in [6.07, 6.45) is 0. The number of hydrogen-bond acceptors (Lipinski definition) is 2. The van der Waals surface area contributed by atoms with E-state index < -0.39 is 17.4 Å². The Balaban J connectivity index is 3.33. The lowest BCUT2D eigenvalue weighted by molar-refractivity contribution is 0.101. The topological polar surface area (TPSA) is 26.3 Å². The van der Waals surface area contributed by atoms with Crippen LogP contribution in [0.4, 0.5) is 8.78 Å². The van der Waals surface area contributed by atoms with Gasteiger partial charge < -0.3 is 4.74 Å². The van der Waals surface area contributed by atoms with Gasteiger partial charge >= 0.3 is 0 Å². The third kappa shape index (κ3) is 1.83. The summed E-state index contributed by atoms with van der Waals surface area (Å²) in [6, 6.07) is 2.06. The van der Waals surface area contributed by atoms with E-state index in [0.717, 1.165) is 13.0 Å². The number of benzene rings is 1. The summed E-state index contributed by atoms with van der Waals surface area (Å²) in [4.78, 5) is 10.8. The van der Waals surface area contributed by atoms with Crippen molar-refractivity contribution in [3.8, 4) is 5.75 Å². The molecule has 0 fully saturated rings. The van der Waals surface area contributed by atoms with E-state index in [2.05, 4.69) is 4.74 Å². The van der Waals surface area contributed by atoms with Crippen LogP contribution < -0.4 is 4.74 Å². The fourth-order valence-electron chi connectivity index (χ4n) is 0.938. The Morgan fingerprint density at radius 3 is 2.46 bits per heavy atom. The Morgan fingerprint density at radius 1 is 1.38 bits per heavy atom. The van der Waals surface area contributed by atoms with Crippen LogP contribution in [0.1, 0.15) is 17.3 Å². The first kappa shape index (κ1) is 9.64. The molecule has 0 heterocycles. The Kier molecular flexibility index (Phi) is 2.60. The molecule has 2 nitrogen and oxygen atoms in total. The van der Waals surface area contributed by atoms with Crippen LogP contribution in [-0.2, 0) is 0 Å². The van der Waals surface area contributed by atoms with Crippen molar-refractivity contribution in [2.45, 2.75) is 6.92 Å². The predicted molar refractivity (Wildman–Crippen MR) is 42.9 cm³/mol. The molecule has 0 radical (unpaired) electrons. The average molecular weight is 186 g/mol. The summed E-state index contributed by atoms with van der Waals surface area (Å²) in [5.41, 5.74) is -0.295. The fraction of sp³-hybridized carbons (Fsp3) is 0.222. The molecule has 1 aromatic rings. The highest BCUT2D eigenvalue weighted by Gasteiger charge is 2.14. The number of Topliss-reactive ketones (excluding diaryl/α,β-unsaturated/α-hetero) is 1. The van der Waals surface area contributed by atoms with Crippen LogP contribution in [0.25, 0.3) is 0 Å². The zero-order valence-electron chi connectivity index (χ0n) is 7.23. The fourth-order valence-corrected chi connectivity index (χ4v) is 0.938. The third-order valence-electron chi connectivity index (χ3n) is 1.62. The van der Waals surface area contributed by atoms with Gasteiger partial charge in [-0.3, -0.25) is 4.79 Å². The molecule has 0 spiro atoms. The summed E-state index contributed by atoms with van der Waals surface area (Å²) >= 11 is 0. The van der Waals surface area contributed by atoms with Crippen molar-refractivity contribution in [2.75, 3.05) is 7.11 Å². The van der Waals surface area contributed by atoms with Crippen molar-refractivity contribution < 1.29 is 18.3 Å². The number of ether oxygens (including phenoxy) is 1. The van der Waals surface area contributed by atoms with Gasteiger partial charge in [0.05, 0.1) is 12.7 Å². The van der Waals surface area contributed by atoms with E-state index in [0.29, 0.717) is 0 Å². The third-order valence-corrected chi connectivity index (χ3v) is 1.62. The van der Waals surface area contributed by atoms with Gasteiger partial charge in [0.2, 0.25) is 0 Å². The molecule has 4 heteroatoms. The van der Waals surface area contributed by atoms with Crippen molar-refractivity contribution in [1.29, 1.82) is 0 Å². The monoisotopic (exact) mass is 186 g/mol. The van der Waals surface area contributed by atoms with Crippen LogP contribution in [0.15, 0.2) is 12.1 Å². The minimum absolute atomic E-state index is 0.129. The summed E-state index contributed by atoms with van der Waals surface area (Å²) in [5.74, 6) is -2.61. The zero-order chi connectivity index (χ0) is 10.0. The summed E-state index contributed by atoms with van der Waals surface area (Å²) in [5, 5.41) is 0. The van der Waals surface area contributed by atoms with Crippen LogP contribution in [0.2, 0.25) is 0 Å². The van der Waals surface area contributed by atoms with E-state index in [9.17, 15) is 13.6 Å². The van der Waals surface area contributed by atoms with Gasteiger partial charge in [0.15, 0.2) is 17.4 Å². The number of methoxy groups -OCH3 is 1. The first-order valence-corrected chi connectivity index (χ1v) is 3.60. The van der Waals surface area contributed by atoms with Crippen molar-refractivity contribution >= 4 is 5.78 Å². The molecular formula is C9H8F2O2. The molecule has 0 aromatic heterocycles. The van der Waals surface area contributed by atoms with E-state index >= 15 is 0 Å². The highest BCUT2D eigenvalue weighted by molar-refractivity contribution is 5.94. The van der Waals surface area contributed by atoms with Crippen molar-refractivity contribution in [3.63, 3.8) is 0 Å². The number of carbonyl (C=O) groups excluding carboxylic acids is 1. The summed E-state index contributed by atoms with van der Waals surface area (Å²) < 4.78 is 30.4. The second-order valence-electron chi connectivity index (χ2n) is 2.53. The molecule has 0 atom stereocenters. The summed E-state index contributed by atoms with van der Waals surface area (Å²) in [6.45, 7) is 1.16. The van der Waals surface area contributed by atoms with Crippen LogP contribution in [0.3, 0.4) is 0 Å². The number of halogens is 2. The van der Waals surface area contributed by atoms with Gasteiger partial charge in [-0.15, -0.1) is 0 Å². The minimum atomic E-state index is -1.13.